The second-order valence-electron chi connectivity index (χ2n) is 9.96. The average Bonchev–Trinajstić information content (AvgIpc) is 3.06. The lowest BCUT2D eigenvalue weighted by atomic mass is 9.81. The zero-order valence-corrected chi connectivity index (χ0v) is 18.9. The van der Waals surface area contributed by atoms with Crippen LogP contribution in [0.25, 0.3) is 0 Å². The van der Waals surface area contributed by atoms with Gasteiger partial charge in [0.25, 0.3) is 0 Å². The van der Waals surface area contributed by atoms with E-state index >= 15 is 0 Å². The molecule has 0 aromatic rings. The number of rotatable bonds is 3. The van der Waals surface area contributed by atoms with E-state index < -0.39 is 23.6 Å². The SMILES string of the molecule is CC(=O)OC/C1=C/[C@@H]2[C@@H](O)[C@@H](C)C[C@]2(OC(C)=O)C(=O)/C(C)=C/[C@@H]2[C@H](CC1)C2(C)C. The Balaban J connectivity index is 2.11. The maximum atomic E-state index is 13.7. The van der Waals surface area contributed by atoms with Crippen molar-refractivity contribution in [1.29, 1.82) is 0 Å². The van der Waals surface area contributed by atoms with Crippen LogP contribution >= 0.6 is 0 Å². The second-order valence-corrected chi connectivity index (χ2v) is 9.96. The molecule has 6 nitrogen and oxygen atoms in total. The largest absolute Gasteiger partial charge is 0.461 e. The fourth-order valence-electron chi connectivity index (χ4n) is 5.60. The van der Waals surface area contributed by atoms with Gasteiger partial charge in [-0.1, -0.05) is 32.9 Å². The highest BCUT2D eigenvalue weighted by Gasteiger charge is 2.60. The van der Waals surface area contributed by atoms with Crippen molar-refractivity contribution in [3.05, 3.63) is 23.3 Å². The molecule has 3 aliphatic rings. The molecule has 3 rings (SSSR count). The lowest BCUT2D eigenvalue weighted by Gasteiger charge is -2.33. The molecule has 1 N–H and O–H groups in total. The van der Waals surface area contributed by atoms with Crippen LogP contribution in [0.4, 0.5) is 0 Å². The van der Waals surface area contributed by atoms with Gasteiger partial charge in [-0.25, -0.2) is 0 Å². The Bertz CT molecular complexity index is 807. The van der Waals surface area contributed by atoms with E-state index in [1.165, 1.54) is 13.8 Å². The fourth-order valence-corrected chi connectivity index (χ4v) is 5.60. The molecular weight excluding hydrogens is 384 g/mol. The summed E-state index contributed by atoms with van der Waals surface area (Å²) in [6.45, 7) is 10.8. The van der Waals surface area contributed by atoms with Crippen LogP contribution in [0.5, 0.6) is 0 Å². The number of aliphatic hydroxyl groups excluding tert-OH is 1. The summed E-state index contributed by atoms with van der Waals surface area (Å²) in [6, 6.07) is 0. The van der Waals surface area contributed by atoms with E-state index in [1.54, 1.807) is 6.92 Å². The average molecular weight is 419 g/mol. The summed E-state index contributed by atoms with van der Waals surface area (Å²) < 4.78 is 11.0. The first-order chi connectivity index (χ1) is 13.9. The zero-order chi connectivity index (χ0) is 22.4. The maximum absolute atomic E-state index is 13.7. The molecule has 0 aromatic heterocycles. The van der Waals surface area contributed by atoms with Gasteiger partial charge in [-0.05, 0) is 54.1 Å². The molecule has 166 valence electrons. The van der Waals surface area contributed by atoms with Crippen molar-refractivity contribution < 1.29 is 29.0 Å². The first-order valence-corrected chi connectivity index (χ1v) is 10.8. The third-order valence-corrected chi connectivity index (χ3v) is 7.40. The van der Waals surface area contributed by atoms with Crippen molar-refractivity contribution in [2.24, 2.45) is 29.1 Å². The number of aliphatic hydroxyl groups is 1. The smallest absolute Gasteiger partial charge is 0.303 e. The van der Waals surface area contributed by atoms with Gasteiger partial charge in [0.05, 0.1) is 12.0 Å². The van der Waals surface area contributed by atoms with Crippen LogP contribution in [-0.4, -0.2) is 41.1 Å². The number of hydrogen-bond donors (Lipinski definition) is 1. The van der Waals surface area contributed by atoms with Crippen molar-refractivity contribution in [3.8, 4) is 0 Å². The van der Waals surface area contributed by atoms with Gasteiger partial charge in [0.2, 0.25) is 5.78 Å². The van der Waals surface area contributed by atoms with Crippen LogP contribution in [-0.2, 0) is 23.9 Å². The summed E-state index contributed by atoms with van der Waals surface area (Å²) in [5.41, 5.74) is 0.0867. The molecule has 0 aromatic carbocycles. The Kier molecular flexibility index (Phi) is 6.02. The van der Waals surface area contributed by atoms with Gasteiger partial charge in [0.1, 0.15) is 6.61 Å². The molecule has 0 bridgehead atoms. The highest BCUT2D eigenvalue weighted by Crippen LogP contribution is 2.62. The van der Waals surface area contributed by atoms with Gasteiger partial charge < -0.3 is 14.6 Å². The van der Waals surface area contributed by atoms with Crippen LogP contribution in [0.1, 0.15) is 60.8 Å². The quantitative estimate of drug-likeness (QED) is 0.558. The molecule has 6 heteroatoms. The molecule has 0 radical (unpaired) electrons. The number of carbonyl (C=O) groups is 3. The van der Waals surface area contributed by atoms with Gasteiger partial charge >= 0.3 is 11.9 Å². The fraction of sp³-hybridized carbons (Fsp3) is 0.708. The summed E-state index contributed by atoms with van der Waals surface area (Å²) in [5.74, 6) is -1.37. The molecule has 6 atom stereocenters. The Morgan fingerprint density at radius 3 is 2.43 bits per heavy atom. The minimum absolute atomic E-state index is 0.0871. The Morgan fingerprint density at radius 2 is 1.83 bits per heavy atom. The predicted octanol–water partition coefficient (Wildman–Crippen LogP) is 3.38. The monoisotopic (exact) mass is 418 g/mol. The number of esters is 2. The maximum Gasteiger partial charge on any atom is 0.303 e. The van der Waals surface area contributed by atoms with Gasteiger partial charge in [0, 0.05) is 20.3 Å². The summed E-state index contributed by atoms with van der Waals surface area (Å²) >= 11 is 0. The molecule has 0 heterocycles. The third-order valence-electron chi connectivity index (χ3n) is 7.40. The van der Waals surface area contributed by atoms with Crippen LogP contribution in [0, 0.1) is 29.1 Å². The molecular formula is C24H34O6. The molecule has 0 saturated heterocycles. The third kappa shape index (κ3) is 3.98. The molecule has 3 aliphatic carbocycles. The van der Waals surface area contributed by atoms with Crippen molar-refractivity contribution in [3.63, 3.8) is 0 Å². The number of hydrogen-bond acceptors (Lipinski definition) is 6. The van der Waals surface area contributed by atoms with Crippen molar-refractivity contribution in [1.82, 2.24) is 0 Å². The summed E-state index contributed by atoms with van der Waals surface area (Å²) in [6.07, 6.45) is 4.90. The normalized spacial score (nSPS) is 41.2. The Hall–Kier alpha value is -1.95. The number of ketones is 1. The highest BCUT2D eigenvalue weighted by atomic mass is 16.6. The van der Waals surface area contributed by atoms with Crippen LogP contribution in [0.2, 0.25) is 0 Å². The zero-order valence-electron chi connectivity index (χ0n) is 18.9. The molecule has 0 spiro atoms. The second kappa shape index (κ2) is 7.95. The molecule has 0 unspecified atom stereocenters. The van der Waals surface area contributed by atoms with Crippen LogP contribution in [0.3, 0.4) is 0 Å². The van der Waals surface area contributed by atoms with E-state index in [2.05, 4.69) is 13.8 Å². The molecule has 0 amide bonds. The molecule has 2 fully saturated rings. The number of ether oxygens (including phenoxy) is 2. The number of carbonyl (C=O) groups excluding carboxylic acids is 3. The van der Waals surface area contributed by atoms with Gasteiger partial charge in [-0.15, -0.1) is 0 Å². The molecule has 30 heavy (non-hydrogen) atoms. The van der Waals surface area contributed by atoms with Gasteiger partial charge in [-0.3, -0.25) is 14.4 Å². The van der Waals surface area contributed by atoms with Crippen molar-refractivity contribution >= 4 is 17.7 Å². The Labute approximate surface area is 178 Å². The summed E-state index contributed by atoms with van der Waals surface area (Å²) in [7, 11) is 0. The lowest BCUT2D eigenvalue weighted by molar-refractivity contribution is -0.168. The minimum Gasteiger partial charge on any atom is -0.461 e. The first kappa shape index (κ1) is 22.7. The molecule has 0 aliphatic heterocycles. The molecule has 2 saturated carbocycles. The first-order valence-electron chi connectivity index (χ1n) is 10.8. The van der Waals surface area contributed by atoms with E-state index in [-0.39, 0.29) is 42.0 Å². The van der Waals surface area contributed by atoms with Crippen molar-refractivity contribution in [2.75, 3.05) is 6.61 Å². The van der Waals surface area contributed by atoms with Crippen LogP contribution in [0.15, 0.2) is 23.3 Å². The van der Waals surface area contributed by atoms with Crippen LogP contribution < -0.4 is 0 Å². The van der Waals surface area contributed by atoms with E-state index in [1.807, 2.05) is 19.1 Å². The van der Waals surface area contributed by atoms with E-state index in [9.17, 15) is 19.5 Å². The van der Waals surface area contributed by atoms with Gasteiger partial charge in [-0.2, -0.15) is 0 Å². The van der Waals surface area contributed by atoms with Crippen molar-refractivity contribution in [2.45, 2.75) is 72.5 Å². The van der Waals surface area contributed by atoms with Gasteiger partial charge in [0.15, 0.2) is 5.60 Å². The number of fused-ring (bicyclic) bond motifs is 2. The predicted molar refractivity (Wildman–Crippen MR) is 111 cm³/mol. The topological polar surface area (TPSA) is 89.9 Å². The standard InChI is InChI=1S/C24H34O6/c1-13-9-19-18(23(19,5)6)8-7-17(12-29-15(3)25)10-20-21(27)14(2)11-24(20,22(13)28)30-16(4)26/h9-10,14,18-21,27H,7-8,11-12H2,1-6H3/b13-9+,17-10+/t14-,18-,19+,20+,21-,24+/m0/s1. The lowest BCUT2D eigenvalue weighted by Crippen LogP contribution is -2.48. The van der Waals surface area contributed by atoms with E-state index in [0.29, 0.717) is 17.9 Å². The number of Topliss-reactive ketones (excluding diaryl/α,β-unsaturated/α-hetero) is 1. The minimum atomic E-state index is -1.44. The van der Waals surface area contributed by atoms with E-state index in [0.717, 1.165) is 12.0 Å². The number of allylic oxidation sites excluding steroid dienone is 1. The summed E-state index contributed by atoms with van der Waals surface area (Å²) in [5, 5.41) is 10.9. The highest BCUT2D eigenvalue weighted by molar-refractivity contribution is 6.03. The Morgan fingerprint density at radius 1 is 1.17 bits per heavy atom. The van der Waals surface area contributed by atoms with E-state index in [4.69, 9.17) is 9.47 Å². The summed E-state index contributed by atoms with van der Waals surface area (Å²) in [4.78, 5) is 37.1.